The molecular formula is C16H20N4. The van der Waals surface area contributed by atoms with Crippen molar-refractivity contribution in [3.63, 3.8) is 0 Å². The Hall–Kier alpha value is -1.94. The highest BCUT2D eigenvalue weighted by Gasteiger charge is 2.21. The maximum atomic E-state index is 5.92. The van der Waals surface area contributed by atoms with Gasteiger partial charge in [-0.15, -0.1) is 0 Å². The van der Waals surface area contributed by atoms with Crippen LogP contribution in [-0.2, 0) is 0 Å². The molecular weight excluding hydrogens is 248 g/mol. The summed E-state index contributed by atoms with van der Waals surface area (Å²) in [4.78, 5) is 11.2. The average molecular weight is 268 g/mol. The van der Waals surface area contributed by atoms with Gasteiger partial charge in [-0.05, 0) is 31.4 Å². The van der Waals surface area contributed by atoms with Crippen LogP contribution in [0.3, 0.4) is 0 Å². The third-order valence-corrected chi connectivity index (χ3v) is 3.85. The molecule has 1 unspecified atom stereocenters. The van der Waals surface area contributed by atoms with Gasteiger partial charge in [0, 0.05) is 37.1 Å². The lowest BCUT2D eigenvalue weighted by molar-refractivity contribution is 0.750. The van der Waals surface area contributed by atoms with Crippen molar-refractivity contribution in [1.29, 1.82) is 0 Å². The van der Waals surface area contributed by atoms with Crippen LogP contribution in [0.4, 0.5) is 5.95 Å². The zero-order valence-electron chi connectivity index (χ0n) is 12.0. The van der Waals surface area contributed by atoms with E-state index in [1.165, 1.54) is 16.7 Å². The van der Waals surface area contributed by atoms with Crippen molar-refractivity contribution >= 4 is 5.95 Å². The molecule has 1 aromatic carbocycles. The van der Waals surface area contributed by atoms with Gasteiger partial charge in [0.25, 0.3) is 0 Å². The van der Waals surface area contributed by atoms with Crippen LogP contribution in [0.5, 0.6) is 0 Å². The smallest absolute Gasteiger partial charge is 0.225 e. The molecule has 1 aromatic heterocycles. The fraction of sp³-hybridized carbons (Fsp3) is 0.375. The summed E-state index contributed by atoms with van der Waals surface area (Å²) < 4.78 is 0. The second-order valence-electron chi connectivity index (χ2n) is 5.58. The number of nitrogens with zero attached hydrogens (tertiary/aromatic N) is 3. The standard InChI is InChI=1S/C16H20N4/c1-11-3-4-12(2)15(7-11)13-8-18-16(19-9-13)20-6-5-14(17)10-20/h3-4,7-9,14H,5-6,10,17H2,1-2H3. The Kier molecular flexibility index (Phi) is 3.40. The van der Waals surface area contributed by atoms with Crippen molar-refractivity contribution in [2.24, 2.45) is 5.73 Å². The van der Waals surface area contributed by atoms with E-state index in [1.54, 1.807) is 0 Å². The second kappa shape index (κ2) is 5.21. The van der Waals surface area contributed by atoms with E-state index < -0.39 is 0 Å². The van der Waals surface area contributed by atoms with Crippen molar-refractivity contribution < 1.29 is 0 Å². The van der Waals surface area contributed by atoms with Crippen LogP contribution < -0.4 is 10.6 Å². The first-order chi connectivity index (χ1) is 9.63. The van der Waals surface area contributed by atoms with Crippen molar-refractivity contribution in [2.75, 3.05) is 18.0 Å². The Morgan fingerprint density at radius 1 is 1.20 bits per heavy atom. The van der Waals surface area contributed by atoms with Crippen molar-refractivity contribution in [1.82, 2.24) is 9.97 Å². The summed E-state index contributed by atoms with van der Waals surface area (Å²) in [5.74, 6) is 0.784. The van der Waals surface area contributed by atoms with E-state index in [4.69, 9.17) is 5.73 Å². The lowest BCUT2D eigenvalue weighted by Crippen LogP contribution is -2.27. The highest BCUT2D eigenvalue weighted by atomic mass is 15.3. The third kappa shape index (κ3) is 2.51. The molecule has 1 atom stereocenters. The van der Waals surface area contributed by atoms with Crippen molar-refractivity contribution in [2.45, 2.75) is 26.3 Å². The molecule has 2 N–H and O–H groups in total. The van der Waals surface area contributed by atoms with E-state index in [1.807, 2.05) is 12.4 Å². The minimum atomic E-state index is 0.247. The minimum absolute atomic E-state index is 0.247. The van der Waals surface area contributed by atoms with Crippen molar-refractivity contribution in [3.8, 4) is 11.1 Å². The van der Waals surface area contributed by atoms with Gasteiger partial charge in [0.05, 0.1) is 0 Å². The molecule has 1 fully saturated rings. The number of hydrogen-bond acceptors (Lipinski definition) is 4. The number of anilines is 1. The fourth-order valence-corrected chi connectivity index (χ4v) is 2.64. The molecule has 0 bridgehead atoms. The summed E-state index contributed by atoms with van der Waals surface area (Å²) in [6, 6.07) is 6.69. The summed E-state index contributed by atoms with van der Waals surface area (Å²) in [6.45, 7) is 6.01. The molecule has 20 heavy (non-hydrogen) atoms. The number of aromatic nitrogens is 2. The lowest BCUT2D eigenvalue weighted by atomic mass is 10.0. The normalized spacial score (nSPS) is 18.6. The highest BCUT2D eigenvalue weighted by molar-refractivity contribution is 5.66. The average Bonchev–Trinajstić information content (AvgIpc) is 2.88. The maximum absolute atomic E-state index is 5.92. The summed E-state index contributed by atoms with van der Waals surface area (Å²) in [5.41, 5.74) is 10.7. The van der Waals surface area contributed by atoms with E-state index in [-0.39, 0.29) is 6.04 Å². The first-order valence-corrected chi connectivity index (χ1v) is 7.03. The molecule has 4 heteroatoms. The Bertz CT molecular complexity index is 606. The zero-order chi connectivity index (χ0) is 14.1. The molecule has 0 saturated carbocycles. The number of hydrogen-bond donors (Lipinski definition) is 1. The summed E-state index contributed by atoms with van der Waals surface area (Å²) in [5, 5.41) is 0. The topological polar surface area (TPSA) is 55.0 Å². The van der Waals surface area contributed by atoms with Crippen molar-refractivity contribution in [3.05, 3.63) is 41.7 Å². The molecule has 0 aliphatic carbocycles. The summed E-state index contributed by atoms with van der Waals surface area (Å²) in [7, 11) is 0. The molecule has 0 amide bonds. The predicted octanol–water partition coefficient (Wildman–Crippen LogP) is 2.30. The van der Waals surface area contributed by atoms with Gasteiger partial charge in [-0.2, -0.15) is 0 Å². The maximum Gasteiger partial charge on any atom is 0.225 e. The predicted molar refractivity (Wildman–Crippen MR) is 81.7 cm³/mol. The lowest BCUT2D eigenvalue weighted by Gasteiger charge is -2.15. The van der Waals surface area contributed by atoms with Crippen LogP contribution in [-0.4, -0.2) is 29.1 Å². The molecule has 1 saturated heterocycles. The third-order valence-electron chi connectivity index (χ3n) is 3.85. The minimum Gasteiger partial charge on any atom is -0.339 e. The summed E-state index contributed by atoms with van der Waals surface area (Å²) in [6.07, 6.45) is 4.84. The van der Waals surface area contributed by atoms with E-state index in [2.05, 4.69) is 46.9 Å². The van der Waals surface area contributed by atoms with E-state index in [9.17, 15) is 0 Å². The second-order valence-corrected chi connectivity index (χ2v) is 5.58. The number of rotatable bonds is 2. The number of nitrogens with two attached hydrogens (primary N) is 1. The van der Waals surface area contributed by atoms with Crippen LogP contribution in [0.15, 0.2) is 30.6 Å². The van der Waals surface area contributed by atoms with Gasteiger partial charge < -0.3 is 10.6 Å². The zero-order valence-corrected chi connectivity index (χ0v) is 12.0. The molecule has 0 spiro atoms. The first kappa shape index (κ1) is 13.1. The van der Waals surface area contributed by atoms with Gasteiger partial charge in [-0.1, -0.05) is 23.8 Å². The van der Waals surface area contributed by atoms with Crippen LogP contribution in [0, 0.1) is 13.8 Å². The molecule has 1 aliphatic heterocycles. The Balaban J connectivity index is 1.87. The summed E-state index contributed by atoms with van der Waals surface area (Å²) >= 11 is 0. The first-order valence-electron chi connectivity index (χ1n) is 7.03. The quantitative estimate of drug-likeness (QED) is 0.908. The van der Waals surface area contributed by atoms with Crippen LogP contribution in [0.1, 0.15) is 17.5 Å². The van der Waals surface area contributed by atoms with E-state index in [0.29, 0.717) is 0 Å². The molecule has 3 rings (SSSR count). The van der Waals surface area contributed by atoms with Gasteiger partial charge >= 0.3 is 0 Å². The SMILES string of the molecule is Cc1ccc(C)c(-c2cnc(N3CCC(N)C3)nc2)c1. The molecule has 4 nitrogen and oxygen atoms in total. The van der Waals surface area contributed by atoms with Gasteiger partial charge in [0.2, 0.25) is 5.95 Å². The van der Waals surface area contributed by atoms with Gasteiger partial charge in [-0.25, -0.2) is 9.97 Å². The monoisotopic (exact) mass is 268 g/mol. The number of aryl methyl sites for hydroxylation is 2. The largest absolute Gasteiger partial charge is 0.339 e. The van der Waals surface area contributed by atoms with Crippen LogP contribution >= 0.6 is 0 Å². The Morgan fingerprint density at radius 3 is 2.60 bits per heavy atom. The molecule has 2 aromatic rings. The van der Waals surface area contributed by atoms with E-state index in [0.717, 1.165) is 31.0 Å². The number of benzene rings is 1. The molecule has 1 aliphatic rings. The fourth-order valence-electron chi connectivity index (χ4n) is 2.64. The Labute approximate surface area is 119 Å². The van der Waals surface area contributed by atoms with Gasteiger partial charge in [0.1, 0.15) is 0 Å². The Morgan fingerprint density at radius 2 is 1.95 bits per heavy atom. The molecule has 0 radical (unpaired) electrons. The molecule has 2 heterocycles. The molecule has 104 valence electrons. The van der Waals surface area contributed by atoms with Crippen LogP contribution in [0.25, 0.3) is 11.1 Å². The van der Waals surface area contributed by atoms with Gasteiger partial charge in [-0.3, -0.25) is 0 Å². The van der Waals surface area contributed by atoms with Gasteiger partial charge in [0.15, 0.2) is 0 Å². The highest BCUT2D eigenvalue weighted by Crippen LogP contribution is 2.24. The van der Waals surface area contributed by atoms with E-state index >= 15 is 0 Å². The van der Waals surface area contributed by atoms with Crippen LogP contribution in [0.2, 0.25) is 0 Å².